The van der Waals surface area contributed by atoms with E-state index in [2.05, 4.69) is 9.98 Å². The molecule has 0 amide bonds. The SMILES string of the molecule is COc1cc(/N=C/c2ccc[nH]2)cc(OC)c1. The zero-order valence-electron chi connectivity index (χ0n) is 9.81. The lowest BCUT2D eigenvalue weighted by molar-refractivity contribution is 0.394. The maximum Gasteiger partial charge on any atom is 0.124 e. The third-order valence-electron chi connectivity index (χ3n) is 2.31. The number of hydrogen-bond acceptors (Lipinski definition) is 3. The van der Waals surface area contributed by atoms with Gasteiger partial charge >= 0.3 is 0 Å². The number of rotatable bonds is 4. The van der Waals surface area contributed by atoms with Gasteiger partial charge in [-0.25, -0.2) is 0 Å². The molecule has 0 radical (unpaired) electrons. The highest BCUT2D eigenvalue weighted by atomic mass is 16.5. The summed E-state index contributed by atoms with van der Waals surface area (Å²) in [5.74, 6) is 1.45. The summed E-state index contributed by atoms with van der Waals surface area (Å²) < 4.78 is 10.3. The second-order valence-corrected chi connectivity index (χ2v) is 3.45. The van der Waals surface area contributed by atoms with Crippen LogP contribution in [0.2, 0.25) is 0 Å². The Morgan fingerprint density at radius 1 is 1.12 bits per heavy atom. The van der Waals surface area contributed by atoms with Crippen molar-refractivity contribution in [2.24, 2.45) is 4.99 Å². The van der Waals surface area contributed by atoms with E-state index < -0.39 is 0 Å². The summed E-state index contributed by atoms with van der Waals surface area (Å²) in [6.45, 7) is 0. The van der Waals surface area contributed by atoms with Crippen LogP contribution in [0.25, 0.3) is 0 Å². The summed E-state index contributed by atoms with van der Waals surface area (Å²) in [4.78, 5) is 7.40. The predicted octanol–water partition coefficient (Wildman–Crippen LogP) is 2.78. The number of nitrogens with one attached hydrogen (secondary N) is 1. The van der Waals surface area contributed by atoms with Gasteiger partial charge in [-0.15, -0.1) is 0 Å². The highest BCUT2D eigenvalue weighted by molar-refractivity contribution is 5.79. The molecule has 0 aliphatic carbocycles. The zero-order chi connectivity index (χ0) is 12.1. The van der Waals surface area contributed by atoms with Crippen molar-refractivity contribution in [1.29, 1.82) is 0 Å². The third kappa shape index (κ3) is 2.87. The number of aromatic amines is 1. The van der Waals surface area contributed by atoms with Gasteiger partial charge in [0.05, 0.1) is 31.8 Å². The Labute approximate surface area is 99.9 Å². The van der Waals surface area contributed by atoms with E-state index in [4.69, 9.17) is 9.47 Å². The molecule has 0 saturated carbocycles. The maximum atomic E-state index is 5.17. The van der Waals surface area contributed by atoms with Crippen molar-refractivity contribution in [2.75, 3.05) is 14.2 Å². The quantitative estimate of drug-likeness (QED) is 0.821. The van der Waals surface area contributed by atoms with E-state index in [-0.39, 0.29) is 0 Å². The molecule has 4 heteroatoms. The van der Waals surface area contributed by atoms with Crippen molar-refractivity contribution in [2.45, 2.75) is 0 Å². The molecule has 88 valence electrons. The van der Waals surface area contributed by atoms with Crippen molar-refractivity contribution >= 4 is 11.9 Å². The van der Waals surface area contributed by atoms with Crippen molar-refractivity contribution in [1.82, 2.24) is 4.98 Å². The Balaban J connectivity index is 2.25. The standard InChI is InChI=1S/C13H14N2O2/c1-16-12-6-11(7-13(8-12)17-2)15-9-10-4-3-5-14-10/h3-9,14H,1-2H3/b15-9+. The summed E-state index contributed by atoms with van der Waals surface area (Å²) in [5, 5.41) is 0. The monoisotopic (exact) mass is 230 g/mol. The molecule has 2 rings (SSSR count). The second-order valence-electron chi connectivity index (χ2n) is 3.45. The van der Waals surface area contributed by atoms with Crippen molar-refractivity contribution in [3.63, 3.8) is 0 Å². The van der Waals surface area contributed by atoms with E-state index >= 15 is 0 Å². The van der Waals surface area contributed by atoms with Crippen LogP contribution >= 0.6 is 0 Å². The van der Waals surface area contributed by atoms with Gasteiger partial charge in [-0.2, -0.15) is 0 Å². The first-order chi connectivity index (χ1) is 8.31. The van der Waals surface area contributed by atoms with Gasteiger partial charge < -0.3 is 14.5 Å². The Bertz CT molecular complexity index is 482. The summed E-state index contributed by atoms with van der Waals surface area (Å²) in [6, 6.07) is 9.38. The minimum atomic E-state index is 0.725. The lowest BCUT2D eigenvalue weighted by atomic mass is 10.3. The molecule has 0 fully saturated rings. The number of hydrogen-bond donors (Lipinski definition) is 1. The van der Waals surface area contributed by atoms with E-state index in [0.717, 1.165) is 22.9 Å². The molecule has 1 aromatic heterocycles. The smallest absolute Gasteiger partial charge is 0.124 e. The normalized spacial score (nSPS) is 10.7. The fourth-order valence-electron chi connectivity index (χ4n) is 1.44. The van der Waals surface area contributed by atoms with Crippen molar-refractivity contribution < 1.29 is 9.47 Å². The Morgan fingerprint density at radius 3 is 2.35 bits per heavy atom. The van der Waals surface area contributed by atoms with Gasteiger partial charge in [0.1, 0.15) is 11.5 Å². The van der Waals surface area contributed by atoms with Crippen molar-refractivity contribution in [3.05, 3.63) is 42.2 Å². The van der Waals surface area contributed by atoms with E-state index in [1.54, 1.807) is 20.4 Å². The zero-order valence-corrected chi connectivity index (χ0v) is 9.81. The van der Waals surface area contributed by atoms with Gasteiger partial charge in [0.25, 0.3) is 0 Å². The third-order valence-corrected chi connectivity index (χ3v) is 2.31. The molecule has 1 N–H and O–H groups in total. The van der Waals surface area contributed by atoms with Crippen LogP contribution in [-0.2, 0) is 0 Å². The van der Waals surface area contributed by atoms with Crippen LogP contribution < -0.4 is 9.47 Å². The van der Waals surface area contributed by atoms with Gasteiger partial charge in [-0.05, 0) is 12.1 Å². The van der Waals surface area contributed by atoms with Crippen LogP contribution in [0.4, 0.5) is 5.69 Å². The molecule has 0 atom stereocenters. The topological polar surface area (TPSA) is 46.6 Å². The van der Waals surface area contributed by atoms with Gasteiger partial charge in [0, 0.05) is 24.4 Å². The van der Waals surface area contributed by atoms with Gasteiger partial charge in [-0.3, -0.25) is 4.99 Å². The summed E-state index contributed by atoms with van der Waals surface area (Å²) in [6.07, 6.45) is 3.61. The van der Waals surface area contributed by atoms with Crippen molar-refractivity contribution in [3.8, 4) is 11.5 Å². The maximum absolute atomic E-state index is 5.17. The minimum absolute atomic E-state index is 0.725. The Kier molecular flexibility index (Phi) is 3.45. The average molecular weight is 230 g/mol. The largest absolute Gasteiger partial charge is 0.497 e. The molecule has 4 nitrogen and oxygen atoms in total. The van der Waals surface area contributed by atoms with Gasteiger partial charge in [0.2, 0.25) is 0 Å². The van der Waals surface area contributed by atoms with Crippen LogP contribution in [0.15, 0.2) is 41.5 Å². The molecular weight excluding hydrogens is 216 g/mol. The number of aliphatic imine (C=N–C) groups is 1. The molecule has 0 aliphatic rings. The fraction of sp³-hybridized carbons (Fsp3) is 0.154. The number of ether oxygens (including phenoxy) is 2. The molecular formula is C13H14N2O2. The molecule has 2 aromatic rings. The number of nitrogens with zero attached hydrogens (tertiary/aromatic N) is 1. The molecule has 17 heavy (non-hydrogen) atoms. The lowest BCUT2D eigenvalue weighted by Gasteiger charge is -2.05. The van der Waals surface area contributed by atoms with Gasteiger partial charge in [-0.1, -0.05) is 0 Å². The van der Waals surface area contributed by atoms with Crippen LogP contribution in [0.5, 0.6) is 11.5 Å². The van der Waals surface area contributed by atoms with Gasteiger partial charge in [0.15, 0.2) is 0 Å². The molecule has 0 saturated heterocycles. The molecule has 0 bridgehead atoms. The number of H-pyrrole nitrogens is 1. The molecule has 0 unspecified atom stereocenters. The highest BCUT2D eigenvalue weighted by Crippen LogP contribution is 2.27. The van der Waals surface area contributed by atoms with Crippen LogP contribution in [0.3, 0.4) is 0 Å². The Morgan fingerprint density at radius 2 is 1.82 bits per heavy atom. The lowest BCUT2D eigenvalue weighted by Crippen LogP contribution is -1.86. The number of methoxy groups -OCH3 is 2. The molecule has 1 aromatic carbocycles. The van der Waals surface area contributed by atoms with E-state index in [1.807, 2.05) is 36.5 Å². The van der Waals surface area contributed by atoms with Crippen LogP contribution in [-0.4, -0.2) is 25.4 Å². The van der Waals surface area contributed by atoms with Crippen LogP contribution in [0, 0.1) is 0 Å². The summed E-state index contributed by atoms with van der Waals surface area (Å²) >= 11 is 0. The predicted molar refractivity (Wildman–Crippen MR) is 67.6 cm³/mol. The average Bonchev–Trinajstić information content (AvgIpc) is 2.89. The first kappa shape index (κ1) is 11.3. The first-order valence-electron chi connectivity index (χ1n) is 5.22. The highest BCUT2D eigenvalue weighted by Gasteiger charge is 2.00. The second kappa shape index (κ2) is 5.21. The molecule has 0 spiro atoms. The first-order valence-corrected chi connectivity index (χ1v) is 5.22. The van der Waals surface area contributed by atoms with E-state index in [0.29, 0.717) is 0 Å². The molecule has 1 heterocycles. The van der Waals surface area contributed by atoms with E-state index in [9.17, 15) is 0 Å². The van der Waals surface area contributed by atoms with E-state index in [1.165, 1.54) is 0 Å². The summed E-state index contributed by atoms with van der Waals surface area (Å²) in [7, 11) is 3.24. The minimum Gasteiger partial charge on any atom is -0.497 e. The molecule has 0 aliphatic heterocycles. The number of benzene rings is 1. The fourth-order valence-corrected chi connectivity index (χ4v) is 1.44. The Hall–Kier alpha value is -2.23. The number of aromatic nitrogens is 1. The van der Waals surface area contributed by atoms with Crippen LogP contribution in [0.1, 0.15) is 5.69 Å². The summed E-state index contributed by atoms with van der Waals surface area (Å²) in [5.41, 5.74) is 1.74.